The predicted octanol–water partition coefficient (Wildman–Crippen LogP) is 7.54. The van der Waals surface area contributed by atoms with E-state index in [1.165, 1.54) is 11.3 Å². The zero-order valence-corrected chi connectivity index (χ0v) is 29.8. The van der Waals surface area contributed by atoms with Gasteiger partial charge in [0.25, 0.3) is 11.5 Å². The van der Waals surface area contributed by atoms with E-state index >= 15 is 0 Å². The lowest BCUT2D eigenvalue weighted by atomic mass is 9.95. The third-order valence-corrected chi connectivity index (χ3v) is 9.83. The molecule has 0 spiro atoms. The molecule has 5 aromatic rings. The third-order valence-electron chi connectivity index (χ3n) is 7.67. The molecule has 48 heavy (non-hydrogen) atoms. The van der Waals surface area contributed by atoms with Crippen molar-refractivity contribution in [2.75, 3.05) is 19.5 Å². The summed E-state index contributed by atoms with van der Waals surface area (Å²) in [6.45, 7) is 1.97. The second-order valence-electron chi connectivity index (χ2n) is 10.7. The Bertz CT molecular complexity index is 2240. The number of methoxy groups -OCH3 is 2. The summed E-state index contributed by atoms with van der Waals surface area (Å²) in [5.41, 5.74) is 3.43. The van der Waals surface area contributed by atoms with Gasteiger partial charge in [-0.15, -0.1) is 0 Å². The number of benzene rings is 4. The van der Waals surface area contributed by atoms with E-state index in [1.54, 1.807) is 68.2 Å². The number of carbonyl (C=O) groups excluding carboxylic acids is 1. The molecular formula is C36H28BrCl2N3O5S. The maximum Gasteiger partial charge on any atom is 0.271 e. The quantitative estimate of drug-likeness (QED) is 0.168. The van der Waals surface area contributed by atoms with Crippen molar-refractivity contribution in [2.24, 2.45) is 4.99 Å². The number of fused-ring (bicyclic) bond motifs is 1. The highest BCUT2D eigenvalue weighted by molar-refractivity contribution is 9.10. The van der Waals surface area contributed by atoms with Crippen molar-refractivity contribution in [3.8, 4) is 17.2 Å². The van der Waals surface area contributed by atoms with Gasteiger partial charge in [-0.2, -0.15) is 0 Å². The standard InChI is InChI=1S/C36H28BrCl2N3O5S/c1-20-31(34(43)41-25-7-5-4-6-8-25)32(22-10-13-26(45-2)14-11-22)42-35(44)30(48-36(42)40-20)17-21-15-27(37)33(29(16-21)46-3)47-19-23-9-12-24(38)18-28(23)39/h4-18,32H,19H2,1-3H3,(H,41,43)/b30-17+/t32-/m0/s1. The van der Waals surface area contributed by atoms with Gasteiger partial charge < -0.3 is 19.5 Å². The summed E-state index contributed by atoms with van der Waals surface area (Å²) in [5, 5.41) is 4.00. The summed E-state index contributed by atoms with van der Waals surface area (Å²) in [4.78, 5) is 33.2. The van der Waals surface area contributed by atoms with Gasteiger partial charge in [0, 0.05) is 21.3 Å². The number of halogens is 3. The van der Waals surface area contributed by atoms with E-state index in [0.717, 1.165) is 11.1 Å². The SMILES string of the molecule is COc1ccc([C@H]2C(C(=O)Nc3ccccc3)=C(C)N=c3s/c(=C/c4cc(Br)c(OCc5ccc(Cl)cc5Cl)c(OC)c4)c(=O)n32)cc1. The molecule has 0 saturated carbocycles. The first-order chi connectivity index (χ1) is 23.2. The highest BCUT2D eigenvalue weighted by Crippen LogP contribution is 2.38. The van der Waals surface area contributed by atoms with Crippen LogP contribution in [0.25, 0.3) is 6.08 Å². The first-order valence-electron chi connectivity index (χ1n) is 14.6. The summed E-state index contributed by atoms with van der Waals surface area (Å²) >= 11 is 17.2. The number of para-hydroxylation sites is 1. The monoisotopic (exact) mass is 763 g/mol. The average molecular weight is 766 g/mol. The average Bonchev–Trinajstić information content (AvgIpc) is 3.38. The van der Waals surface area contributed by atoms with Gasteiger partial charge in [0.1, 0.15) is 12.4 Å². The van der Waals surface area contributed by atoms with Crippen molar-refractivity contribution >= 4 is 68.1 Å². The highest BCUT2D eigenvalue weighted by atomic mass is 79.9. The molecule has 2 heterocycles. The van der Waals surface area contributed by atoms with E-state index in [0.29, 0.717) is 63.6 Å². The second kappa shape index (κ2) is 14.4. The number of nitrogens with zero attached hydrogens (tertiary/aromatic N) is 2. The molecule has 0 fully saturated rings. The fraction of sp³-hybridized carbons (Fsp3) is 0.139. The Morgan fingerprint density at radius 2 is 1.77 bits per heavy atom. The molecule has 0 aliphatic carbocycles. The zero-order valence-electron chi connectivity index (χ0n) is 25.9. The lowest BCUT2D eigenvalue weighted by Gasteiger charge is -2.25. The molecule has 0 saturated heterocycles. The first kappa shape index (κ1) is 33.5. The maximum atomic E-state index is 14.2. The van der Waals surface area contributed by atoms with Crippen LogP contribution in [0, 0.1) is 0 Å². The Labute approximate surface area is 298 Å². The Balaban J connectivity index is 1.40. The number of thiazole rings is 1. The third kappa shape index (κ3) is 6.93. The molecule has 8 nitrogen and oxygen atoms in total. The van der Waals surface area contributed by atoms with Gasteiger partial charge in [-0.3, -0.25) is 14.2 Å². The molecule has 1 N–H and O–H groups in total. The number of hydrogen-bond acceptors (Lipinski definition) is 7. The van der Waals surface area contributed by atoms with Crippen molar-refractivity contribution in [2.45, 2.75) is 19.6 Å². The highest BCUT2D eigenvalue weighted by Gasteiger charge is 2.32. The fourth-order valence-electron chi connectivity index (χ4n) is 5.34. The number of hydrogen-bond donors (Lipinski definition) is 1. The molecule has 1 amide bonds. The summed E-state index contributed by atoms with van der Waals surface area (Å²) in [6, 6.07) is 24.6. The number of rotatable bonds is 9. The van der Waals surface area contributed by atoms with Gasteiger partial charge in [0.15, 0.2) is 16.3 Å². The van der Waals surface area contributed by atoms with Crippen LogP contribution in [0.5, 0.6) is 17.2 Å². The van der Waals surface area contributed by atoms with Crippen LogP contribution in [0.15, 0.2) is 110 Å². The Morgan fingerprint density at radius 1 is 1.02 bits per heavy atom. The maximum absolute atomic E-state index is 14.2. The minimum absolute atomic E-state index is 0.188. The minimum atomic E-state index is -0.727. The molecule has 6 rings (SSSR count). The minimum Gasteiger partial charge on any atom is -0.497 e. The molecule has 1 aromatic heterocycles. The molecule has 0 unspecified atom stereocenters. The van der Waals surface area contributed by atoms with Crippen LogP contribution in [0.3, 0.4) is 0 Å². The van der Waals surface area contributed by atoms with E-state index in [4.69, 9.17) is 42.4 Å². The lowest BCUT2D eigenvalue weighted by molar-refractivity contribution is -0.113. The number of aromatic nitrogens is 1. The normalized spacial score (nSPS) is 14.3. The molecule has 1 aliphatic heterocycles. The van der Waals surface area contributed by atoms with Crippen molar-refractivity contribution < 1.29 is 19.0 Å². The Kier molecular flexibility index (Phi) is 10.1. The van der Waals surface area contributed by atoms with Crippen LogP contribution in [0.1, 0.15) is 29.7 Å². The van der Waals surface area contributed by atoms with Crippen LogP contribution in [0.2, 0.25) is 10.0 Å². The summed E-state index contributed by atoms with van der Waals surface area (Å²) in [6.07, 6.45) is 1.77. The Hall–Kier alpha value is -4.35. The molecular weight excluding hydrogens is 737 g/mol. The van der Waals surface area contributed by atoms with E-state index < -0.39 is 6.04 Å². The van der Waals surface area contributed by atoms with Crippen LogP contribution >= 0.6 is 50.5 Å². The van der Waals surface area contributed by atoms with E-state index in [-0.39, 0.29) is 18.1 Å². The topological polar surface area (TPSA) is 91.2 Å². The van der Waals surface area contributed by atoms with Crippen LogP contribution in [0.4, 0.5) is 5.69 Å². The number of ether oxygens (including phenoxy) is 3. The van der Waals surface area contributed by atoms with Crippen molar-refractivity contribution in [1.82, 2.24) is 4.57 Å². The number of anilines is 1. The van der Waals surface area contributed by atoms with Gasteiger partial charge in [0.2, 0.25) is 0 Å². The number of amides is 1. The van der Waals surface area contributed by atoms with Crippen LogP contribution in [-0.4, -0.2) is 24.7 Å². The molecule has 4 aromatic carbocycles. The van der Waals surface area contributed by atoms with E-state index in [2.05, 4.69) is 21.2 Å². The molecule has 0 radical (unpaired) electrons. The summed E-state index contributed by atoms with van der Waals surface area (Å²) < 4.78 is 19.7. The van der Waals surface area contributed by atoms with Gasteiger partial charge in [0.05, 0.1) is 40.5 Å². The number of carbonyl (C=O) groups is 1. The number of nitrogens with one attached hydrogen (secondary N) is 1. The van der Waals surface area contributed by atoms with Crippen LogP contribution < -0.4 is 34.4 Å². The van der Waals surface area contributed by atoms with Crippen molar-refractivity contribution in [3.63, 3.8) is 0 Å². The first-order valence-corrected chi connectivity index (χ1v) is 17.0. The van der Waals surface area contributed by atoms with Gasteiger partial charge in [-0.25, -0.2) is 4.99 Å². The van der Waals surface area contributed by atoms with Gasteiger partial charge in [-0.1, -0.05) is 70.9 Å². The van der Waals surface area contributed by atoms with Crippen LogP contribution in [-0.2, 0) is 11.4 Å². The molecule has 12 heteroatoms. The lowest BCUT2D eigenvalue weighted by Crippen LogP contribution is -2.40. The van der Waals surface area contributed by atoms with Crippen molar-refractivity contribution in [1.29, 1.82) is 0 Å². The van der Waals surface area contributed by atoms with E-state index in [9.17, 15) is 9.59 Å². The Morgan fingerprint density at radius 3 is 2.46 bits per heavy atom. The summed E-state index contributed by atoms with van der Waals surface area (Å²) in [7, 11) is 3.13. The summed E-state index contributed by atoms with van der Waals surface area (Å²) in [5.74, 6) is 1.25. The van der Waals surface area contributed by atoms with E-state index in [1.807, 2.05) is 48.5 Å². The molecule has 244 valence electrons. The molecule has 0 bridgehead atoms. The molecule has 1 aliphatic rings. The van der Waals surface area contributed by atoms with Gasteiger partial charge in [-0.05, 0) is 88.6 Å². The largest absolute Gasteiger partial charge is 0.497 e. The number of allylic oxidation sites excluding steroid dienone is 1. The predicted molar refractivity (Wildman–Crippen MR) is 193 cm³/mol. The zero-order chi connectivity index (χ0) is 33.9. The van der Waals surface area contributed by atoms with Gasteiger partial charge >= 0.3 is 0 Å². The smallest absolute Gasteiger partial charge is 0.271 e. The fourth-order valence-corrected chi connectivity index (χ4v) is 7.42. The van der Waals surface area contributed by atoms with Crippen molar-refractivity contribution in [3.05, 3.63) is 147 Å². The molecule has 1 atom stereocenters. The second-order valence-corrected chi connectivity index (χ2v) is 13.4.